The van der Waals surface area contributed by atoms with Gasteiger partial charge in [-0.2, -0.15) is 0 Å². The van der Waals surface area contributed by atoms with Crippen molar-refractivity contribution in [3.05, 3.63) is 0 Å². The summed E-state index contributed by atoms with van der Waals surface area (Å²) in [5, 5.41) is 9.50. The molecule has 0 aromatic rings. The van der Waals surface area contributed by atoms with Crippen LogP contribution in [-0.4, -0.2) is 36.4 Å². The van der Waals surface area contributed by atoms with Gasteiger partial charge in [-0.15, -0.1) is 0 Å². The molecule has 0 aromatic carbocycles. The Kier molecular flexibility index (Phi) is 29.5. The molecule has 5 nitrogen and oxygen atoms in total. The van der Waals surface area contributed by atoms with Crippen LogP contribution < -0.4 is 0 Å². The lowest BCUT2D eigenvalue weighted by molar-refractivity contribution is -0.161. The normalized spacial score (nSPS) is 12.9. The summed E-state index contributed by atoms with van der Waals surface area (Å²) in [7, 11) is 0. The molecule has 0 aliphatic rings. The summed E-state index contributed by atoms with van der Waals surface area (Å²) >= 11 is 0. The molecule has 0 amide bonds. The predicted octanol–water partition coefficient (Wildman–Crippen LogP) is 10.5. The van der Waals surface area contributed by atoms with Crippen LogP contribution in [0.15, 0.2) is 0 Å². The number of aliphatic hydroxyl groups is 1. The van der Waals surface area contributed by atoms with E-state index in [1.165, 1.54) is 116 Å². The Balaban J connectivity index is 3.52. The van der Waals surface area contributed by atoms with Crippen molar-refractivity contribution in [2.24, 2.45) is 11.8 Å². The highest BCUT2D eigenvalue weighted by Crippen LogP contribution is 2.16. The zero-order valence-electron chi connectivity index (χ0n) is 27.9. The van der Waals surface area contributed by atoms with Crippen LogP contribution >= 0.6 is 0 Å². The van der Waals surface area contributed by atoms with Gasteiger partial charge in [-0.05, 0) is 24.7 Å². The molecule has 2 atom stereocenters. The van der Waals surface area contributed by atoms with Crippen molar-refractivity contribution in [1.82, 2.24) is 0 Å². The largest absolute Gasteiger partial charge is 0.462 e. The summed E-state index contributed by atoms with van der Waals surface area (Å²) in [6.07, 6.45) is 28.8. The zero-order valence-corrected chi connectivity index (χ0v) is 27.9. The van der Waals surface area contributed by atoms with Gasteiger partial charge in [0.15, 0.2) is 6.10 Å². The van der Waals surface area contributed by atoms with E-state index in [-0.39, 0.29) is 25.2 Å². The molecule has 0 radical (unpaired) electrons. The molecule has 0 bridgehead atoms. The molecule has 41 heavy (non-hydrogen) atoms. The lowest BCUT2D eigenvalue weighted by Gasteiger charge is -2.15. The third-order valence-corrected chi connectivity index (χ3v) is 8.37. The maximum Gasteiger partial charge on any atom is 0.306 e. The van der Waals surface area contributed by atoms with Crippen LogP contribution in [0.25, 0.3) is 0 Å². The van der Waals surface area contributed by atoms with Crippen molar-refractivity contribution < 1.29 is 24.2 Å². The third kappa shape index (κ3) is 30.2. The van der Waals surface area contributed by atoms with E-state index < -0.39 is 6.10 Å². The molecule has 0 aromatic heterocycles. The minimum absolute atomic E-state index is 0.0601. The van der Waals surface area contributed by atoms with E-state index in [9.17, 15) is 14.7 Å². The van der Waals surface area contributed by atoms with Crippen molar-refractivity contribution in [3.8, 4) is 0 Å². The number of hydrogen-bond acceptors (Lipinski definition) is 5. The van der Waals surface area contributed by atoms with Gasteiger partial charge >= 0.3 is 11.9 Å². The number of rotatable bonds is 31. The highest BCUT2D eigenvalue weighted by molar-refractivity contribution is 5.70. The van der Waals surface area contributed by atoms with Crippen LogP contribution in [0, 0.1) is 11.8 Å². The van der Waals surface area contributed by atoms with E-state index in [0.29, 0.717) is 12.8 Å². The first-order chi connectivity index (χ1) is 19.9. The molecule has 0 saturated heterocycles. The van der Waals surface area contributed by atoms with Gasteiger partial charge in [0.1, 0.15) is 6.61 Å². The smallest absolute Gasteiger partial charge is 0.306 e. The molecular weight excluding hydrogens is 512 g/mol. The molecule has 5 heteroatoms. The number of hydrogen-bond donors (Lipinski definition) is 1. The van der Waals surface area contributed by atoms with Crippen molar-refractivity contribution >= 4 is 11.9 Å². The number of esters is 2. The lowest BCUT2D eigenvalue weighted by atomic mass is 10.00. The summed E-state index contributed by atoms with van der Waals surface area (Å²) < 4.78 is 10.6. The van der Waals surface area contributed by atoms with E-state index in [0.717, 1.165) is 43.9 Å². The fourth-order valence-corrected chi connectivity index (χ4v) is 5.24. The monoisotopic (exact) mass is 583 g/mol. The standard InChI is InChI=1S/C36H70O5/c1-5-33(4)27-23-19-16-17-21-25-29-36(39)41-34(30-37)31-40-35(38)28-24-20-15-13-11-9-7-6-8-10-12-14-18-22-26-32(2)3/h32-34,37H,5-31H2,1-4H3/t33?,34-/m0/s1. The molecule has 0 spiro atoms. The van der Waals surface area contributed by atoms with Crippen LogP contribution in [-0.2, 0) is 19.1 Å². The molecule has 1 unspecified atom stereocenters. The number of ether oxygens (including phenoxy) is 2. The first-order valence-corrected chi connectivity index (χ1v) is 17.8. The van der Waals surface area contributed by atoms with Crippen molar-refractivity contribution in [2.75, 3.05) is 13.2 Å². The first kappa shape index (κ1) is 39.9. The van der Waals surface area contributed by atoms with E-state index >= 15 is 0 Å². The van der Waals surface area contributed by atoms with E-state index in [4.69, 9.17) is 9.47 Å². The van der Waals surface area contributed by atoms with Crippen LogP contribution in [0.1, 0.15) is 188 Å². The Labute approximate surface area is 255 Å². The minimum atomic E-state index is -0.762. The molecule has 0 saturated carbocycles. The number of carbonyl (C=O) groups is 2. The average molecular weight is 583 g/mol. The molecule has 244 valence electrons. The topological polar surface area (TPSA) is 72.8 Å². The fourth-order valence-electron chi connectivity index (χ4n) is 5.24. The highest BCUT2D eigenvalue weighted by atomic mass is 16.6. The molecule has 0 aliphatic heterocycles. The molecular formula is C36H70O5. The van der Waals surface area contributed by atoms with Gasteiger partial charge < -0.3 is 14.6 Å². The minimum Gasteiger partial charge on any atom is -0.462 e. The quantitative estimate of drug-likeness (QED) is 0.0650. The van der Waals surface area contributed by atoms with Crippen LogP contribution in [0.2, 0.25) is 0 Å². The third-order valence-electron chi connectivity index (χ3n) is 8.37. The number of unbranched alkanes of at least 4 members (excludes halogenated alkanes) is 18. The van der Waals surface area contributed by atoms with Gasteiger partial charge in [-0.3, -0.25) is 9.59 Å². The Morgan fingerprint density at radius 2 is 0.951 bits per heavy atom. The molecule has 0 rings (SSSR count). The number of carbonyl (C=O) groups excluding carboxylic acids is 2. The maximum absolute atomic E-state index is 12.1. The van der Waals surface area contributed by atoms with E-state index in [1.54, 1.807) is 0 Å². The molecule has 1 N–H and O–H groups in total. The van der Waals surface area contributed by atoms with E-state index in [2.05, 4.69) is 27.7 Å². The van der Waals surface area contributed by atoms with Crippen molar-refractivity contribution in [3.63, 3.8) is 0 Å². The molecule has 0 fully saturated rings. The Morgan fingerprint density at radius 3 is 1.37 bits per heavy atom. The Bertz CT molecular complexity index is 576. The van der Waals surface area contributed by atoms with Crippen molar-refractivity contribution in [1.29, 1.82) is 0 Å². The average Bonchev–Trinajstić information content (AvgIpc) is 2.95. The molecule has 0 heterocycles. The second kappa shape index (κ2) is 30.4. The summed E-state index contributed by atoms with van der Waals surface area (Å²) in [6, 6.07) is 0. The lowest BCUT2D eigenvalue weighted by Crippen LogP contribution is -2.28. The van der Waals surface area contributed by atoms with Crippen LogP contribution in [0.4, 0.5) is 0 Å². The first-order valence-electron chi connectivity index (χ1n) is 17.8. The van der Waals surface area contributed by atoms with Gasteiger partial charge in [0, 0.05) is 12.8 Å². The summed E-state index contributed by atoms with van der Waals surface area (Å²) in [4.78, 5) is 24.1. The Hall–Kier alpha value is -1.10. The second-order valence-corrected chi connectivity index (χ2v) is 13.0. The fraction of sp³-hybridized carbons (Fsp3) is 0.944. The maximum atomic E-state index is 12.1. The summed E-state index contributed by atoms with van der Waals surface area (Å²) in [5.74, 6) is 1.09. The summed E-state index contributed by atoms with van der Waals surface area (Å²) in [6.45, 7) is 8.80. The van der Waals surface area contributed by atoms with Crippen LogP contribution in [0.5, 0.6) is 0 Å². The second-order valence-electron chi connectivity index (χ2n) is 13.0. The molecule has 0 aliphatic carbocycles. The van der Waals surface area contributed by atoms with Crippen LogP contribution in [0.3, 0.4) is 0 Å². The summed E-state index contributed by atoms with van der Waals surface area (Å²) in [5.41, 5.74) is 0. The SMILES string of the molecule is CCC(C)CCCCCCCCC(=O)O[C@@H](CO)COC(=O)CCCCCCCCCCCCCCCCC(C)C. The number of aliphatic hydroxyl groups excluding tert-OH is 1. The highest BCUT2D eigenvalue weighted by Gasteiger charge is 2.16. The Morgan fingerprint density at radius 1 is 0.561 bits per heavy atom. The van der Waals surface area contributed by atoms with Gasteiger partial charge in [0.2, 0.25) is 0 Å². The van der Waals surface area contributed by atoms with E-state index in [1.807, 2.05) is 0 Å². The van der Waals surface area contributed by atoms with Gasteiger partial charge in [0.05, 0.1) is 6.61 Å². The van der Waals surface area contributed by atoms with Crippen molar-refractivity contribution in [2.45, 2.75) is 194 Å². The van der Waals surface area contributed by atoms with Gasteiger partial charge in [-0.1, -0.05) is 163 Å². The van der Waals surface area contributed by atoms with Gasteiger partial charge in [-0.25, -0.2) is 0 Å². The van der Waals surface area contributed by atoms with Gasteiger partial charge in [0.25, 0.3) is 0 Å². The zero-order chi connectivity index (χ0) is 30.4. The predicted molar refractivity (Wildman–Crippen MR) is 173 cm³/mol.